The molecule has 0 aromatic heterocycles. The number of rotatable bonds is 3. The Morgan fingerprint density at radius 1 is 1.17 bits per heavy atom. The van der Waals surface area contributed by atoms with Crippen LogP contribution in [0.5, 0.6) is 0 Å². The van der Waals surface area contributed by atoms with Crippen LogP contribution in [0, 0.1) is 0 Å². The highest BCUT2D eigenvalue weighted by atomic mass is 35.5. The fourth-order valence-electron chi connectivity index (χ4n) is 4.26. The number of hydrogen-bond acceptors (Lipinski definition) is 3. The fraction of sp³-hybridized carbons (Fsp3) is 0.280. The summed E-state index contributed by atoms with van der Waals surface area (Å²) in [6.07, 6.45) is 2.68. The number of halogens is 1. The van der Waals surface area contributed by atoms with Crippen LogP contribution in [-0.2, 0) is 0 Å². The second-order valence-electron chi connectivity index (χ2n) is 8.67. The summed E-state index contributed by atoms with van der Waals surface area (Å²) in [5, 5.41) is 6.90. The molecule has 0 bridgehead atoms. The van der Waals surface area contributed by atoms with Crippen molar-refractivity contribution in [2.24, 2.45) is 5.10 Å². The lowest BCUT2D eigenvalue weighted by Gasteiger charge is -2.45. The first-order chi connectivity index (χ1) is 14.3. The molecule has 0 spiro atoms. The lowest BCUT2D eigenvalue weighted by atomic mass is 9.80. The Labute approximate surface area is 182 Å². The number of nitrogens with zero attached hydrogens (tertiary/aromatic N) is 2. The van der Waals surface area contributed by atoms with Crippen molar-refractivity contribution in [3.63, 3.8) is 0 Å². The second kappa shape index (κ2) is 7.77. The van der Waals surface area contributed by atoms with Gasteiger partial charge in [-0.1, -0.05) is 48.9 Å². The fourth-order valence-corrected chi connectivity index (χ4v) is 4.47. The molecule has 0 saturated heterocycles. The Morgan fingerprint density at radius 2 is 1.90 bits per heavy atom. The molecule has 3 aromatic rings. The zero-order valence-corrected chi connectivity index (χ0v) is 18.5. The van der Waals surface area contributed by atoms with Crippen LogP contribution in [0.25, 0.3) is 10.8 Å². The topological polar surface area (TPSA) is 44.7 Å². The van der Waals surface area contributed by atoms with Crippen LogP contribution >= 0.6 is 11.6 Å². The van der Waals surface area contributed by atoms with Gasteiger partial charge in [0.05, 0.1) is 11.2 Å². The minimum absolute atomic E-state index is 0.0825. The molecule has 30 heavy (non-hydrogen) atoms. The highest BCUT2D eigenvalue weighted by Crippen LogP contribution is 2.44. The van der Waals surface area contributed by atoms with E-state index in [0.29, 0.717) is 16.5 Å². The number of fused-ring (bicyclic) bond motifs is 2. The van der Waals surface area contributed by atoms with E-state index in [1.54, 1.807) is 12.3 Å². The van der Waals surface area contributed by atoms with Crippen molar-refractivity contribution < 1.29 is 4.79 Å². The van der Waals surface area contributed by atoms with Gasteiger partial charge >= 0.3 is 0 Å². The molecule has 4 nitrogen and oxygen atoms in total. The third-order valence-corrected chi connectivity index (χ3v) is 6.46. The molecule has 5 heteroatoms. The summed E-state index contributed by atoms with van der Waals surface area (Å²) in [5.41, 5.74) is 6.47. The monoisotopic (exact) mass is 419 g/mol. The highest BCUT2D eigenvalue weighted by Gasteiger charge is 2.34. The molecule has 0 saturated carbocycles. The molecule has 1 amide bonds. The molecule has 0 fully saturated rings. The average molecular weight is 420 g/mol. The quantitative estimate of drug-likeness (QED) is 0.419. The maximum absolute atomic E-state index is 12.5. The van der Waals surface area contributed by atoms with E-state index in [9.17, 15) is 4.79 Å². The van der Waals surface area contributed by atoms with Gasteiger partial charge in [0.2, 0.25) is 0 Å². The van der Waals surface area contributed by atoms with Gasteiger partial charge in [-0.05, 0) is 66.8 Å². The summed E-state index contributed by atoms with van der Waals surface area (Å²) in [6.45, 7) is 6.74. The minimum Gasteiger partial charge on any atom is -0.369 e. The predicted octanol–water partition coefficient (Wildman–Crippen LogP) is 5.98. The van der Waals surface area contributed by atoms with Crippen molar-refractivity contribution >= 4 is 40.2 Å². The predicted molar refractivity (Wildman–Crippen MR) is 126 cm³/mol. The van der Waals surface area contributed by atoms with Crippen molar-refractivity contribution in [1.29, 1.82) is 0 Å². The van der Waals surface area contributed by atoms with Gasteiger partial charge in [0, 0.05) is 29.4 Å². The lowest BCUT2D eigenvalue weighted by molar-refractivity contribution is 0.0955. The maximum Gasteiger partial charge on any atom is 0.271 e. The van der Waals surface area contributed by atoms with Crippen molar-refractivity contribution in [2.75, 3.05) is 11.9 Å². The number of carbonyl (C=O) groups excluding carboxylic acids is 1. The van der Waals surface area contributed by atoms with Crippen molar-refractivity contribution in [3.8, 4) is 0 Å². The van der Waals surface area contributed by atoms with Gasteiger partial charge in [-0.25, -0.2) is 5.43 Å². The molecule has 1 atom stereocenters. The average Bonchev–Trinajstić information content (AvgIpc) is 2.72. The zero-order valence-electron chi connectivity index (χ0n) is 17.7. The van der Waals surface area contributed by atoms with E-state index < -0.39 is 0 Å². The minimum atomic E-state index is -0.249. The highest BCUT2D eigenvalue weighted by molar-refractivity contribution is 6.33. The summed E-state index contributed by atoms with van der Waals surface area (Å²) < 4.78 is 0. The Bertz CT molecular complexity index is 1150. The smallest absolute Gasteiger partial charge is 0.271 e. The Balaban J connectivity index is 1.54. The molecular formula is C25H26ClN3O. The van der Waals surface area contributed by atoms with E-state index in [1.165, 1.54) is 5.56 Å². The van der Waals surface area contributed by atoms with Crippen LogP contribution in [0.2, 0.25) is 5.02 Å². The largest absolute Gasteiger partial charge is 0.369 e. The Morgan fingerprint density at radius 3 is 2.67 bits per heavy atom. The molecule has 0 aliphatic carbocycles. The number of benzene rings is 3. The number of hydrogen-bond donors (Lipinski definition) is 1. The second-order valence-corrected chi connectivity index (χ2v) is 9.08. The standard InChI is InChI=1S/C25H26ClN3O/c1-16-14-25(2,3)29(4)23-13-22(26)20(12-21(16)23)15-27-28-24(30)19-10-9-17-7-5-6-8-18(17)11-19/h5-13,15-16H,14H2,1-4H3,(H,28,30)/b27-15-/t16-/m0/s1. The molecule has 154 valence electrons. The normalized spacial score (nSPS) is 17.9. The maximum atomic E-state index is 12.5. The van der Waals surface area contributed by atoms with E-state index in [0.717, 1.165) is 28.4 Å². The summed E-state index contributed by atoms with van der Waals surface area (Å²) in [4.78, 5) is 14.8. The van der Waals surface area contributed by atoms with Gasteiger partial charge in [0.25, 0.3) is 5.91 Å². The van der Waals surface area contributed by atoms with Gasteiger partial charge in [-0.2, -0.15) is 5.10 Å². The van der Waals surface area contributed by atoms with E-state index in [4.69, 9.17) is 11.6 Å². The third-order valence-electron chi connectivity index (χ3n) is 6.13. The van der Waals surface area contributed by atoms with Gasteiger partial charge in [-0.3, -0.25) is 4.79 Å². The number of nitrogens with one attached hydrogen (secondary N) is 1. The van der Waals surface area contributed by atoms with Crippen LogP contribution in [-0.4, -0.2) is 24.7 Å². The first kappa shape index (κ1) is 20.4. The number of anilines is 1. The van der Waals surface area contributed by atoms with E-state index >= 15 is 0 Å². The molecule has 1 heterocycles. The van der Waals surface area contributed by atoms with E-state index in [2.05, 4.69) is 49.3 Å². The van der Waals surface area contributed by atoms with Crippen LogP contribution in [0.3, 0.4) is 0 Å². The van der Waals surface area contributed by atoms with Crippen LogP contribution < -0.4 is 10.3 Å². The van der Waals surface area contributed by atoms with Gasteiger partial charge in [0.1, 0.15) is 0 Å². The third kappa shape index (κ3) is 3.80. The Kier molecular flexibility index (Phi) is 5.29. The van der Waals surface area contributed by atoms with Gasteiger partial charge < -0.3 is 4.90 Å². The summed E-state index contributed by atoms with van der Waals surface area (Å²) in [6, 6.07) is 17.6. The number of carbonyl (C=O) groups is 1. The summed E-state index contributed by atoms with van der Waals surface area (Å²) in [5.74, 6) is 0.170. The van der Waals surface area contributed by atoms with E-state index in [-0.39, 0.29) is 11.4 Å². The van der Waals surface area contributed by atoms with Crippen LogP contribution in [0.1, 0.15) is 54.6 Å². The number of amides is 1. The lowest BCUT2D eigenvalue weighted by Crippen LogP contribution is -2.45. The van der Waals surface area contributed by atoms with Crippen molar-refractivity contribution in [2.45, 2.75) is 38.6 Å². The summed E-state index contributed by atoms with van der Waals surface area (Å²) >= 11 is 6.53. The molecule has 4 rings (SSSR count). The molecule has 0 unspecified atom stereocenters. The SMILES string of the molecule is C[C@H]1CC(C)(C)N(C)c2cc(Cl)c(/C=N\NC(=O)c3ccc4ccccc4c3)cc21. The Hall–Kier alpha value is -2.85. The van der Waals surface area contributed by atoms with Gasteiger partial charge in [-0.15, -0.1) is 0 Å². The van der Waals surface area contributed by atoms with E-state index in [1.807, 2.05) is 42.5 Å². The van der Waals surface area contributed by atoms with Crippen LogP contribution in [0.4, 0.5) is 5.69 Å². The molecule has 1 aliphatic rings. The summed E-state index contributed by atoms with van der Waals surface area (Å²) in [7, 11) is 2.11. The molecule has 0 radical (unpaired) electrons. The first-order valence-electron chi connectivity index (χ1n) is 10.2. The van der Waals surface area contributed by atoms with Crippen molar-refractivity contribution in [1.82, 2.24) is 5.43 Å². The molecule has 1 N–H and O–H groups in total. The zero-order chi connectivity index (χ0) is 21.5. The van der Waals surface area contributed by atoms with Crippen molar-refractivity contribution in [3.05, 3.63) is 76.3 Å². The van der Waals surface area contributed by atoms with Gasteiger partial charge in [0.15, 0.2) is 0 Å². The number of hydrazone groups is 1. The molecule has 1 aliphatic heterocycles. The molecular weight excluding hydrogens is 394 g/mol. The van der Waals surface area contributed by atoms with Crippen LogP contribution in [0.15, 0.2) is 59.7 Å². The molecule has 3 aromatic carbocycles. The first-order valence-corrected chi connectivity index (χ1v) is 10.5.